The SMILES string of the molecule is COC(=O)c1c(-c2c(Cl)cccc2Cl)noc1NC(=O)c1ccc(Cl)c([N+](=O)[O-])c1. The molecule has 0 radical (unpaired) electrons. The van der Waals surface area contributed by atoms with Crippen LogP contribution in [0.2, 0.25) is 15.1 Å². The molecule has 0 fully saturated rings. The molecule has 0 aliphatic rings. The summed E-state index contributed by atoms with van der Waals surface area (Å²) < 4.78 is 9.86. The van der Waals surface area contributed by atoms with E-state index in [9.17, 15) is 19.7 Å². The van der Waals surface area contributed by atoms with Crippen LogP contribution in [-0.2, 0) is 4.74 Å². The van der Waals surface area contributed by atoms with Crippen LogP contribution in [0, 0.1) is 10.1 Å². The van der Waals surface area contributed by atoms with E-state index in [1.807, 2.05) is 0 Å². The van der Waals surface area contributed by atoms with Gasteiger partial charge in [0.15, 0.2) is 5.56 Å². The first-order chi connectivity index (χ1) is 14.2. The normalized spacial score (nSPS) is 10.5. The van der Waals surface area contributed by atoms with Crippen LogP contribution in [0.3, 0.4) is 0 Å². The summed E-state index contributed by atoms with van der Waals surface area (Å²) >= 11 is 18.1. The smallest absolute Gasteiger partial charge is 0.345 e. The number of ether oxygens (including phenoxy) is 1. The minimum Gasteiger partial charge on any atom is -0.465 e. The van der Waals surface area contributed by atoms with Gasteiger partial charge in [-0.2, -0.15) is 0 Å². The Morgan fingerprint density at radius 1 is 1.13 bits per heavy atom. The first-order valence-electron chi connectivity index (χ1n) is 8.02. The summed E-state index contributed by atoms with van der Waals surface area (Å²) in [6.45, 7) is 0. The molecule has 1 aromatic heterocycles. The van der Waals surface area contributed by atoms with E-state index in [1.165, 1.54) is 24.3 Å². The second-order valence-corrected chi connectivity index (χ2v) is 6.92. The highest BCUT2D eigenvalue weighted by Gasteiger charge is 2.29. The van der Waals surface area contributed by atoms with Crippen molar-refractivity contribution in [1.82, 2.24) is 5.16 Å². The van der Waals surface area contributed by atoms with Gasteiger partial charge in [0.1, 0.15) is 10.7 Å². The Morgan fingerprint density at radius 2 is 1.80 bits per heavy atom. The van der Waals surface area contributed by atoms with Gasteiger partial charge in [0.05, 0.1) is 22.1 Å². The van der Waals surface area contributed by atoms with Crippen LogP contribution in [-0.4, -0.2) is 29.1 Å². The number of anilines is 1. The summed E-state index contributed by atoms with van der Waals surface area (Å²) in [6.07, 6.45) is 0. The van der Waals surface area contributed by atoms with E-state index in [-0.39, 0.29) is 43.3 Å². The lowest BCUT2D eigenvalue weighted by molar-refractivity contribution is -0.384. The molecule has 0 aliphatic carbocycles. The fraction of sp³-hybridized carbons (Fsp3) is 0.0556. The van der Waals surface area contributed by atoms with Gasteiger partial charge in [-0.1, -0.05) is 46.0 Å². The van der Waals surface area contributed by atoms with Gasteiger partial charge in [-0.25, -0.2) is 4.79 Å². The second kappa shape index (κ2) is 8.70. The lowest BCUT2D eigenvalue weighted by Crippen LogP contribution is -2.15. The van der Waals surface area contributed by atoms with Crippen molar-refractivity contribution in [2.75, 3.05) is 12.4 Å². The molecule has 9 nitrogen and oxygen atoms in total. The van der Waals surface area contributed by atoms with Crippen molar-refractivity contribution >= 4 is 58.3 Å². The second-order valence-electron chi connectivity index (χ2n) is 5.70. The molecule has 154 valence electrons. The minimum absolute atomic E-state index is 0.0464. The number of nitro benzene ring substituents is 1. The van der Waals surface area contributed by atoms with Crippen molar-refractivity contribution in [1.29, 1.82) is 0 Å². The monoisotopic (exact) mass is 469 g/mol. The molecular formula is C18H10Cl3N3O6. The molecule has 0 atom stereocenters. The molecule has 1 amide bonds. The largest absolute Gasteiger partial charge is 0.465 e. The number of carbonyl (C=O) groups excluding carboxylic acids is 2. The molecule has 0 saturated heterocycles. The van der Waals surface area contributed by atoms with Gasteiger partial charge in [-0.3, -0.25) is 20.2 Å². The third kappa shape index (κ3) is 4.09. The van der Waals surface area contributed by atoms with Gasteiger partial charge < -0.3 is 9.26 Å². The third-order valence-corrected chi connectivity index (χ3v) is 4.86. The molecule has 30 heavy (non-hydrogen) atoms. The topological polar surface area (TPSA) is 125 Å². The Hall–Kier alpha value is -3.14. The molecule has 0 unspecified atom stereocenters. The third-order valence-electron chi connectivity index (χ3n) is 3.91. The zero-order chi connectivity index (χ0) is 22.0. The first kappa shape index (κ1) is 21.6. The van der Waals surface area contributed by atoms with Crippen LogP contribution in [0.15, 0.2) is 40.9 Å². The van der Waals surface area contributed by atoms with Gasteiger partial charge in [-0.15, -0.1) is 0 Å². The Kier molecular flexibility index (Phi) is 6.25. The number of benzene rings is 2. The Labute approximate surface area is 183 Å². The summed E-state index contributed by atoms with van der Waals surface area (Å²) in [5.41, 5.74) is -0.638. The summed E-state index contributed by atoms with van der Waals surface area (Å²) in [5, 5.41) is 17.4. The number of halogens is 3. The van der Waals surface area contributed by atoms with E-state index in [1.54, 1.807) is 6.07 Å². The van der Waals surface area contributed by atoms with Crippen LogP contribution in [0.1, 0.15) is 20.7 Å². The average molecular weight is 471 g/mol. The fourth-order valence-electron chi connectivity index (χ4n) is 2.53. The molecular weight excluding hydrogens is 461 g/mol. The quantitative estimate of drug-likeness (QED) is 0.307. The van der Waals surface area contributed by atoms with Crippen molar-refractivity contribution in [2.24, 2.45) is 0 Å². The summed E-state index contributed by atoms with van der Waals surface area (Å²) in [6, 6.07) is 8.11. The number of hydrogen-bond acceptors (Lipinski definition) is 7. The number of amides is 1. The van der Waals surface area contributed by atoms with Crippen LogP contribution < -0.4 is 5.32 Å². The van der Waals surface area contributed by atoms with Crippen LogP contribution in [0.25, 0.3) is 11.3 Å². The number of nitrogens with one attached hydrogen (secondary N) is 1. The molecule has 0 spiro atoms. The number of aromatic nitrogens is 1. The zero-order valence-electron chi connectivity index (χ0n) is 14.9. The number of nitro groups is 1. The highest BCUT2D eigenvalue weighted by Crippen LogP contribution is 2.38. The number of carbonyl (C=O) groups is 2. The Bertz CT molecular complexity index is 1160. The maximum absolute atomic E-state index is 12.6. The number of nitrogens with zero attached hydrogens (tertiary/aromatic N) is 2. The van der Waals surface area contributed by atoms with E-state index in [2.05, 4.69) is 10.5 Å². The van der Waals surface area contributed by atoms with Gasteiger partial charge in [0.2, 0.25) is 5.88 Å². The number of methoxy groups -OCH3 is 1. The maximum atomic E-state index is 12.6. The molecule has 12 heteroatoms. The van der Waals surface area contributed by atoms with E-state index in [0.29, 0.717) is 0 Å². The van der Waals surface area contributed by atoms with Crippen LogP contribution in [0.4, 0.5) is 11.6 Å². The van der Waals surface area contributed by atoms with Crippen molar-refractivity contribution in [2.45, 2.75) is 0 Å². The minimum atomic E-state index is -0.875. The number of rotatable bonds is 5. The highest BCUT2D eigenvalue weighted by molar-refractivity contribution is 6.39. The zero-order valence-corrected chi connectivity index (χ0v) is 17.2. The van der Waals surface area contributed by atoms with Gasteiger partial charge in [0, 0.05) is 17.2 Å². The van der Waals surface area contributed by atoms with Gasteiger partial charge >= 0.3 is 5.97 Å². The van der Waals surface area contributed by atoms with E-state index in [4.69, 9.17) is 44.1 Å². The van der Waals surface area contributed by atoms with E-state index >= 15 is 0 Å². The van der Waals surface area contributed by atoms with Gasteiger partial charge in [0.25, 0.3) is 11.6 Å². The standard InChI is InChI=1S/C18H10Cl3N3O6/c1-29-18(26)14-15(13-10(20)3-2-4-11(13)21)23-30-17(14)22-16(25)8-5-6-9(19)12(7-8)24(27)28/h2-7H,1H3,(H,22,25). The summed E-state index contributed by atoms with van der Waals surface area (Å²) in [4.78, 5) is 35.2. The molecule has 2 aromatic carbocycles. The first-order valence-corrected chi connectivity index (χ1v) is 9.15. The lowest BCUT2D eigenvalue weighted by Gasteiger charge is -2.07. The lowest BCUT2D eigenvalue weighted by atomic mass is 10.1. The average Bonchev–Trinajstić information content (AvgIpc) is 3.10. The predicted molar refractivity (Wildman–Crippen MR) is 109 cm³/mol. The summed E-state index contributed by atoms with van der Waals surface area (Å²) in [5.74, 6) is -2.04. The molecule has 3 aromatic rings. The molecule has 1 N–H and O–H groups in total. The van der Waals surface area contributed by atoms with Crippen LogP contribution >= 0.6 is 34.8 Å². The maximum Gasteiger partial charge on any atom is 0.345 e. The molecule has 3 rings (SSSR count). The Balaban J connectivity index is 2.04. The number of hydrogen-bond donors (Lipinski definition) is 1. The van der Waals surface area contributed by atoms with Crippen molar-refractivity contribution < 1.29 is 23.8 Å². The Morgan fingerprint density at radius 3 is 2.40 bits per heavy atom. The molecule has 0 saturated carbocycles. The van der Waals surface area contributed by atoms with Crippen molar-refractivity contribution in [3.05, 3.63) is 72.7 Å². The van der Waals surface area contributed by atoms with E-state index in [0.717, 1.165) is 13.2 Å². The van der Waals surface area contributed by atoms with Crippen molar-refractivity contribution in [3.63, 3.8) is 0 Å². The highest BCUT2D eigenvalue weighted by atomic mass is 35.5. The van der Waals surface area contributed by atoms with Gasteiger partial charge in [-0.05, 0) is 24.3 Å². The molecule has 0 aliphatic heterocycles. The molecule has 0 bridgehead atoms. The molecule has 1 heterocycles. The summed E-state index contributed by atoms with van der Waals surface area (Å²) in [7, 11) is 1.13. The van der Waals surface area contributed by atoms with E-state index < -0.39 is 22.5 Å². The predicted octanol–water partition coefficient (Wildman–Crippen LogP) is 5.25. The van der Waals surface area contributed by atoms with Crippen molar-refractivity contribution in [3.8, 4) is 11.3 Å². The van der Waals surface area contributed by atoms with Crippen LogP contribution in [0.5, 0.6) is 0 Å². The number of esters is 1. The fourth-order valence-corrected chi connectivity index (χ4v) is 3.29.